The van der Waals surface area contributed by atoms with Crippen LogP contribution in [0, 0.1) is 5.82 Å². The number of methoxy groups -OCH3 is 1. The highest BCUT2D eigenvalue weighted by Gasteiger charge is 2.53. The van der Waals surface area contributed by atoms with Gasteiger partial charge in [-0.05, 0) is 35.9 Å². The van der Waals surface area contributed by atoms with Gasteiger partial charge in [-0.1, -0.05) is 6.07 Å². The minimum Gasteiger partial charge on any atom is -0.494 e. The van der Waals surface area contributed by atoms with Gasteiger partial charge in [0.1, 0.15) is 11.3 Å². The number of pyridine rings is 2. The fourth-order valence-corrected chi connectivity index (χ4v) is 4.63. The molecule has 1 aromatic carbocycles. The van der Waals surface area contributed by atoms with Crippen molar-refractivity contribution in [1.29, 1.82) is 0 Å². The van der Waals surface area contributed by atoms with E-state index in [9.17, 15) is 18.8 Å². The number of rotatable bonds is 5. The van der Waals surface area contributed by atoms with Crippen molar-refractivity contribution in [2.24, 2.45) is 0 Å². The lowest BCUT2D eigenvalue weighted by Gasteiger charge is -2.28. The van der Waals surface area contributed by atoms with E-state index in [1.54, 1.807) is 42.7 Å². The molecule has 1 fully saturated rings. The number of hydrogen-bond donors (Lipinski definition) is 2. The summed E-state index contributed by atoms with van der Waals surface area (Å²) in [4.78, 5) is 48.5. The van der Waals surface area contributed by atoms with E-state index in [2.05, 4.69) is 20.6 Å². The van der Waals surface area contributed by atoms with Crippen molar-refractivity contribution in [1.82, 2.24) is 25.5 Å². The first-order valence-electron chi connectivity index (χ1n) is 11.0. The van der Waals surface area contributed by atoms with E-state index in [0.29, 0.717) is 22.4 Å². The van der Waals surface area contributed by atoms with Gasteiger partial charge in [-0.2, -0.15) is 0 Å². The molecule has 5 heterocycles. The maximum atomic E-state index is 14.8. The molecule has 180 valence electrons. The van der Waals surface area contributed by atoms with Crippen LogP contribution in [-0.2, 0) is 16.9 Å². The number of carbonyl (C=O) groups is 3. The van der Waals surface area contributed by atoms with Crippen LogP contribution in [0.3, 0.4) is 0 Å². The number of nitrogens with one attached hydrogen (secondary N) is 2. The Labute approximate surface area is 203 Å². The van der Waals surface area contributed by atoms with Crippen molar-refractivity contribution >= 4 is 28.9 Å². The highest BCUT2D eigenvalue weighted by molar-refractivity contribution is 6.08. The average Bonchev–Trinajstić information content (AvgIpc) is 3.53. The van der Waals surface area contributed by atoms with Gasteiger partial charge < -0.3 is 19.4 Å². The Morgan fingerprint density at radius 2 is 2.06 bits per heavy atom. The fraction of sp³-hybridized carbons (Fsp3) is 0.160. The molecule has 2 aliphatic rings. The summed E-state index contributed by atoms with van der Waals surface area (Å²) < 4.78 is 25.8. The summed E-state index contributed by atoms with van der Waals surface area (Å²) in [5, 5.41) is 4.83. The third-order valence-corrected chi connectivity index (χ3v) is 6.40. The van der Waals surface area contributed by atoms with Gasteiger partial charge in [0, 0.05) is 30.6 Å². The van der Waals surface area contributed by atoms with Gasteiger partial charge in [-0.3, -0.25) is 19.9 Å². The molecule has 4 aromatic rings. The van der Waals surface area contributed by atoms with E-state index in [-0.39, 0.29) is 30.2 Å². The van der Waals surface area contributed by atoms with Crippen LogP contribution in [0.2, 0.25) is 0 Å². The number of ether oxygens (including phenoxy) is 1. The van der Waals surface area contributed by atoms with Gasteiger partial charge in [0.15, 0.2) is 22.7 Å². The predicted molar refractivity (Wildman–Crippen MR) is 123 cm³/mol. The second-order valence-corrected chi connectivity index (χ2v) is 8.52. The minimum absolute atomic E-state index is 0.0453. The van der Waals surface area contributed by atoms with Gasteiger partial charge in [-0.25, -0.2) is 14.2 Å². The predicted octanol–water partition coefficient (Wildman–Crippen LogP) is 2.73. The van der Waals surface area contributed by atoms with Crippen LogP contribution in [-0.4, -0.2) is 46.4 Å². The lowest BCUT2D eigenvalue weighted by atomic mass is 9.95. The zero-order valence-electron chi connectivity index (χ0n) is 18.9. The highest BCUT2D eigenvalue weighted by Crippen LogP contribution is 2.36. The number of hydrogen-bond acceptors (Lipinski definition) is 7. The Kier molecular flexibility index (Phi) is 4.75. The Bertz CT molecular complexity index is 1570. The first-order valence-corrected chi connectivity index (χ1v) is 11.0. The van der Waals surface area contributed by atoms with Crippen LogP contribution in [0.5, 0.6) is 5.75 Å². The topological polar surface area (TPSA) is 127 Å². The molecular formula is C25H18FN5O5. The molecule has 2 N–H and O–H groups in total. The summed E-state index contributed by atoms with van der Waals surface area (Å²) >= 11 is 0. The summed E-state index contributed by atoms with van der Waals surface area (Å²) in [5.74, 6) is -2.05. The SMILES string of the molecule is COc1ccc2c(c1F)C(=O)N(C[C@@]1(c3cc4nc(-c5cccnc5)ccc4o3)NC(=O)NC1=O)C2. The maximum Gasteiger partial charge on any atom is 0.322 e. The van der Waals surface area contributed by atoms with Crippen molar-refractivity contribution in [2.45, 2.75) is 12.1 Å². The summed E-state index contributed by atoms with van der Waals surface area (Å²) in [5.41, 5.74) is 0.870. The third kappa shape index (κ3) is 3.20. The number of nitrogens with zero attached hydrogens (tertiary/aromatic N) is 3. The number of fused-ring (bicyclic) bond motifs is 2. The molecule has 1 saturated heterocycles. The first-order chi connectivity index (χ1) is 17.4. The maximum absolute atomic E-state index is 14.8. The van der Waals surface area contributed by atoms with E-state index in [1.807, 2.05) is 6.07 Å². The Morgan fingerprint density at radius 3 is 2.78 bits per heavy atom. The summed E-state index contributed by atoms with van der Waals surface area (Å²) in [6.07, 6.45) is 3.33. The quantitative estimate of drug-likeness (QED) is 0.415. The molecule has 0 aliphatic carbocycles. The number of benzene rings is 1. The van der Waals surface area contributed by atoms with Crippen molar-refractivity contribution in [2.75, 3.05) is 13.7 Å². The molecule has 2 aliphatic heterocycles. The Hall–Kier alpha value is -4.80. The number of urea groups is 1. The summed E-state index contributed by atoms with van der Waals surface area (Å²) in [6, 6.07) is 11.0. The summed E-state index contributed by atoms with van der Waals surface area (Å²) in [7, 11) is 1.31. The molecule has 1 atom stereocenters. The molecule has 6 rings (SSSR count). The fourth-order valence-electron chi connectivity index (χ4n) is 4.63. The highest BCUT2D eigenvalue weighted by atomic mass is 19.1. The van der Waals surface area contributed by atoms with E-state index < -0.39 is 29.2 Å². The molecule has 0 unspecified atom stereocenters. The van der Waals surface area contributed by atoms with Crippen LogP contribution >= 0.6 is 0 Å². The van der Waals surface area contributed by atoms with Crippen LogP contribution < -0.4 is 15.4 Å². The van der Waals surface area contributed by atoms with E-state index >= 15 is 0 Å². The van der Waals surface area contributed by atoms with Crippen LogP contribution in [0.25, 0.3) is 22.4 Å². The number of amides is 4. The zero-order valence-corrected chi connectivity index (χ0v) is 18.9. The molecule has 0 spiro atoms. The Balaban J connectivity index is 1.39. The van der Waals surface area contributed by atoms with E-state index in [1.165, 1.54) is 18.1 Å². The molecule has 10 nitrogen and oxygen atoms in total. The lowest BCUT2D eigenvalue weighted by Crippen LogP contribution is -2.52. The molecule has 0 bridgehead atoms. The molecule has 0 saturated carbocycles. The van der Waals surface area contributed by atoms with Crippen molar-refractivity contribution in [3.8, 4) is 17.0 Å². The summed E-state index contributed by atoms with van der Waals surface area (Å²) in [6.45, 7) is -0.237. The number of aromatic nitrogens is 2. The minimum atomic E-state index is -1.73. The number of furan rings is 1. The molecule has 3 aromatic heterocycles. The second kappa shape index (κ2) is 7.87. The third-order valence-electron chi connectivity index (χ3n) is 6.40. The Morgan fingerprint density at radius 1 is 1.19 bits per heavy atom. The monoisotopic (exact) mass is 487 g/mol. The van der Waals surface area contributed by atoms with Gasteiger partial charge in [-0.15, -0.1) is 0 Å². The smallest absolute Gasteiger partial charge is 0.322 e. The van der Waals surface area contributed by atoms with Gasteiger partial charge in [0.05, 0.1) is 24.9 Å². The van der Waals surface area contributed by atoms with Crippen molar-refractivity contribution < 1.29 is 27.9 Å². The first kappa shape index (κ1) is 21.7. The van der Waals surface area contributed by atoms with Gasteiger partial charge in [0.25, 0.3) is 11.8 Å². The molecular weight excluding hydrogens is 469 g/mol. The van der Waals surface area contributed by atoms with Crippen molar-refractivity contribution in [3.63, 3.8) is 0 Å². The largest absolute Gasteiger partial charge is 0.494 e. The number of imide groups is 1. The molecule has 0 radical (unpaired) electrons. The molecule has 11 heteroatoms. The van der Waals surface area contributed by atoms with E-state index in [4.69, 9.17) is 9.15 Å². The second-order valence-electron chi connectivity index (χ2n) is 8.52. The standard InChI is InChI=1S/C25H18FN5O5/c1-35-18-6-4-14-11-31(22(32)20(14)21(18)26)12-25(23(33)29-24(34)30-25)19-9-16-17(36-19)7-5-15(28-16)13-3-2-8-27-10-13/h2-10H,11-12H2,1H3,(H2,29,30,33,34)/t25-/m0/s1. The lowest BCUT2D eigenvalue weighted by molar-refractivity contribution is -0.125. The number of halogens is 1. The van der Waals surface area contributed by atoms with Crippen LogP contribution in [0.1, 0.15) is 21.7 Å². The molecule has 4 amide bonds. The van der Waals surface area contributed by atoms with Gasteiger partial charge in [0.2, 0.25) is 0 Å². The van der Waals surface area contributed by atoms with Gasteiger partial charge >= 0.3 is 6.03 Å². The van der Waals surface area contributed by atoms with Crippen molar-refractivity contribution in [3.05, 3.63) is 77.6 Å². The average molecular weight is 487 g/mol. The van der Waals surface area contributed by atoms with Crippen LogP contribution in [0.4, 0.5) is 9.18 Å². The molecule has 36 heavy (non-hydrogen) atoms. The number of carbonyl (C=O) groups excluding carboxylic acids is 3. The normalized spacial score (nSPS) is 18.9. The van der Waals surface area contributed by atoms with Crippen LogP contribution in [0.15, 0.2) is 59.3 Å². The van der Waals surface area contributed by atoms with E-state index in [0.717, 1.165) is 5.56 Å². The zero-order chi connectivity index (χ0) is 25.0.